The number of carbonyl (C=O) groups is 3. The molecule has 2 atom stereocenters. The zero-order valence-corrected chi connectivity index (χ0v) is 20.6. The number of amides is 4. The molecule has 0 aliphatic carbocycles. The summed E-state index contributed by atoms with van der Waals surface area (Å²) < 4.78 is 5.47. The fourth-order valence-corrected chi connectivity index (χ4v) is 4.54. The lowest BCUT2D eigenvalue weighted by Gasteiger charge is -2.35. The molecule has 2 aliphatic heterocycles. The van der Waals surface area contributed by atoms with Crippen molar-refractivity contribution < 1.29 is 19.1 Å². The highest BCUT2D eigenvalue weighted by Gasteiger charge is 2.23. The summed E-state index contributed by atoms with van der Waals surface area (Å²) in [6.45, 7) is 7.20. The molecule has 0 spiro atoms. The van der Waals surface area contributed by atoms with Crippen molar-refractivity contribution >= 4 is 46.5 Å². The second-order valence-corrected chi connectivity index (χ2v) is 9.17. The molecule has 2 fully saturated rings. The summed E-state index contributed by atoms with van der Waals surface area (Å²) in [7, 11) is 0. The van der Waals surface area contributed by atoms with Crippen LogP contribution in [0.4, 0.5) is 21.9 Å². The van der Waals surface area contributed by atoms with Crippen molar-refractivity contribution in [3.63, 3.8) is 0 Å². The third-order valence-corrected chi connectivity index (χ3v) is 6.52. The number of ether oxygens (including phenoxy) is 1. The Balaban J connectivity index is 1.33. The number of rotatable bonds is 5. The summed E-state index contributed by atoms with van der Waals surface area (Å²) in [6, 6.07) is 12.2. The van der Waals surface area contributed by atoms with Gasteiger partial charge in [-0.15, -0.1) is 0 Å². The maximum absolute atomic E-state index is 12.5. The van der Waals surface area contributed by atoms with Gasteiger partial charge in [0, 0.05) is 37.1 Å². The van der Waals surface area contributed by atoms with Crippen LogP contribution in [0.2, 0.25) is 5.02 Å². The Morgan fingerprint density at radius 3 is 2.60 bits per heavy atom. The highest BCUT2D eigenvalue weighted by Crippen LogP contribution is 2.31. The normalized spacial score (nSPS) is 19.1. The number of halogens is 1. The van der Waals surface area contributed by atoms with E-state index in [4.69, 9.17) is 16.3 Å². The van der Waals surface area contributed by atoms with Gasteiger partial charge < -0.3 is 25.6 Å². The minimum absolute atomic E-state index is 0.116. The van der Waals surface area contributed by atoms with Crippen LogP contribution in [0.25, 0.3) is 0 Å². The van der Waals surface area contributed by atoms with Gasteiger partial charge in [0.05, 0.1) is 30.0 Å². The molecule has 9 nitrogen and oxygen atoms in total. The lowest BCUT2D eigenvalue weighted by Crippen LogP contribution is -2.46. The Morgan fingerprint density at radius 2 is 1.91 bits per heavy atom. The maximum atomic E-state index is 12.5. The molecule has 2 saturated heterocycles. The average molecular weight is 500 g/mol. The molecule has 0 saturated carbocycles. The zero-order chi connectivity index (χ0) is 24.9. The number of nitrogens with one attached hydrogen (secondary N) is 3. The first-order valence-corrected chi connectivity index (χ1v) is 12.1. The van der Waals surface area contributed by atoms with E-state index in [1.807, 2.05) is 30.3 Å². The monoisotopic (exact) mass is 499 g/mol. The summed E-state index contributed by atoms with van der Waals surface area (Å²) in [5, 5.41) is 8.63. The van der Waals surface area contributed by atoms with E-state index in [1.165, 1.54) is 0 Å². The SMILES string of the molecule is CC(NC(=O)C(=O)Nc1ccc(N2CCOCC2C)c(Cl)c1)c1ccc(N2CCCNC2=O)cc1. The minimum Gasteiger partial charge on any atom is -0.377 e. The molecule has 0 aromatic heterocycles. The van der Waals surface area contributed by atoms with Gasteiger partial charge in [0.2, 0.25) is 0 Å². The number of nitrogens with zero attached hydrogens (tertiary/aromatic N) is 2. The Hall–Kier alpha value is -3.30. The van der Waals surface area contributed by atoms with E-state index in [9.17, 15) is 14.4 Å². The Labute approximate surface area is 209 Å². The van der Waals surface area contributed by atoms with E-state index >= 15 is 0 Å². The van der Waals surface area contributed by atoms with Crippen LogP contribution in [0, 0.1) is 0 Å². The summed E-state index contributed by atoms with van der Waals surface area (Å²) in [6.07, 6.45) is 0.884. The topological polar surface area (TPSA) is 103 Å². The Kier molecular flexibility index (Phi) is 7.77. The first-order chi connectivity index (χ1) is 16.8. The quantitative estimate of drug-likeness (QED) is 0.548. The van der Waals surface area contributed by atoms with Crippen molar-refractivity contribution in [2.45, 2.75) is 32.4 Å². The van der Waals surface area contributed by atoms with Crippen molar-refractivity contribution in [3.8, 4) is 0 Å². The van der Waals surface area contributed by atoms with Crippen LogP contribution in [-0.2, 0) is 14.3 Å². The fraction of sp³-hybridized carbons (Fsp3) is 0.400. The van der Waals surface area contributed by atoms with Gasteiger partial charge in [0.25, 0.3) is 0 Å². The summed E-state index contributed by atoms with van der Waals surface area (Å²) >= 11 is 6.47. The van der Waals surface area contributed by atoms with Gasteiger partial charge in [0.1, 0.15) is 0 Å². The molecule has 4 rings (SSSR count). The highest BCUT2D eigenvalue weighted by molar-refractivity contribution is 6.40. The lowest BCUT2D eigenvalue weighted by atomic mass is 10.1. The van der Waals surface area contributed by atoms with Gasteiger partial charge in [-0.3, -0.25) is 14.5 Å². The maximum Gasteiger partial charge on any atom is 0.321 e. The highest BCUT2D eigenvalue weighted by atomic mass is 35.5. The molecule has 2 unspecified atom stereocenters. The van der Waals surface area contributed by atoms with E-state index in [1.54, 1.807) is 24.0 Å². The molecule has 3 N–H and O–H groups in total. The van der Waals surface area contributed by atoms with Crippen molar-refractivity contribution in [3.05, 3.63) is 53.1 Å². The number of urea groups is 1. The van der Waals surface area contributed by atoms with Gasteiger partial charge >= 0.3 is 17.8 Å². The average Bonchev–Trinajstić information content (AvgIpc) is 2.85. The molecular formula is C25H30ClN5O4. The van der Waals surface area contributed by atoms with Crippen molar-refractivity contribution in [1.82, 2.24) is 10.6 Å². The third-order valence-electron chi connectivity index (χ3n) is 6.22. The molecule has 0 radical (unpaired) electrons. The number of morpholine rings is 1. The molecule has 10 heteroatoms. The Bertz CT molecular complexity index is 1090. The van der Waals surface area contributed by atoms with E-state index in [2.05, 4.69) is 27.8 Å². The molecule has 2 aliphatic rings. The summed E-state index contributed by atoms with van der Waals surface area (Å²) in [5.41, 5.74) is 2.91. The standard InChI is InChI=1S/C25H30ClN5O4/c1-16-15-35-13-12-30(16)22-9-6-19(14-21(22)26)29-24(33)23(32)28-17(2)18-4-7-20(8-5-18)31-11-3-10-27-25(31)34/h4-9,14,16-17H,3,10-13,15H2,1-2H3,(H,27,34)(H,28,32)(H,29,33). The van der Waals surface area contributed by atoms with Gasteiger partial charge in [-0.05, 0) is 56.2 Å². The molecule has 2 heterocycles. The minimum atomic E-state index is -0.776. The molecule has 186 valence electrons. The smallest absolute Gasteiger partial charge is 0.321 e. The largest absolute Gasteiger partial charge is 0.377 e. The van der Waals surface area contributed by atoms with Gasteiger partial charge in [0.15, 0.2) is 0 Å². The van der Waals surface area contributed by atoms with Crippen LogP contribution in [0.5, 0.6) is 0 Å². The van der Waals surface area contributed by atoms with Crippen LogP contribution in [0.1, 0.15) is 31.9 Å². The first kappa shape index (κ1) is 24.8. The van der Waals surface area contributed by atoms with Gasteiger partial charge in [-0.2, -0.15) is 0 Å². The number of hydrogen-bond acceptors (Lipinski definition) is 5. The number of hydrogen-bond donors (Lipinski definition) is 3. The van der Waals surface area contributed by atoms with Crippen molar-refractivity contribution in [1.29, 1.82) is 0 Å². The molecule has 35 heavy (non-hydrogen) atoms. The van der Waals surface area contributed by atoms with Crippen molar-refractivity contribution in [2.24, 2.45) is 0 Å². The predicted octanol–water partition coefficient (Wildman–Crippen LogP) is 3.30. The first-order valence-electron chi connectivity index (χ1n) is 11.7. The fourth-order valence-electron chi connectivity index (χ4n) is 4.25. The second kappa shape index (κ2) is 11.0. The number of carbonyl (C=O) groups excluding carboxylic acids is 3. The molecule has 2 aromatic carbocycles. The lowest BCUT2D eigenvalue weighted by molar-refractivity contribution is -0.136. The molecule has 0 bridgehead atoms. The predicted molar refractivity (Wildman–Crippen MR) is 136 cm³/mol. The third kappa shape index (κ3) is 5.86. The van der Waals surface area contributed by atoms with Crippen LogP contribution < -0.4 is 25.8 Å². The number of benzene rings is 2. The summed E-state index contributed by atoms with van der Waals surface area (Å²) in [4.78, 5) is 40.8. The van der Waals surface area contributed by atoms with Crippen LogP contribution in [0.15, 0.2) is 42.5 Å². The second-order valence-electron chi connectivity index (χ2n) is 8.76. The van der Waals surface area contributed by atoms with E-state index < -0.39 is 17.9 Å². The van der Waals surface area contributed by atoms with Crippen LogP contribution in [-0.4, -0.2) is 56.7 Å². The van der Waals surface area contributed by atoms with Crippen LogP contribution >= 0.6 is 11.6 Å². The number of anilines is 3. The molecule has 2 aromatic rings. The van der Waals surface area contributed by atoms with Gasteiger partial charge in [-0.25, -0.2) is 4.79 Å². The molecule has 4 amide bonds. The van der Waals surface area contributed by atoms with E-state index in [0.29, 0.717) is 37.0 Å². The van der Waals surface area contributed by atoms with Gasteiger partial charge in [-0.1, -0.05) is 23.7 Å². The van der Waals surface area contributed by atoms with Crippen molar-refractivity contribution in [2.75, 3.05) is 48.0 Å². The Morgan fingerprint density at radius 1 is 1.14 bits per heavy atom. The van der Waals surface area contributed by atoms with E-state index in [0.717, 1.165) is 29.9 Å². The van der Waals surface area contributed by atoms with E-state index in [-0.39, 0.29) is 12.1 Å². The van der Waals surface area contributed by atoms with Crippen LogP contribution in [0.3, 0.4) is 0 Å². The zero-order valence-electron chi connectivity index (χ0n) is 19.8. The molecular weight excluding hydrogens is 470 g/mol. The summed E-state index contributed by atoms with van der Waals surface area (Å²) in [5.74, 6) is -1.53.